The normalized spacial score (nSPS) is 16.5. The van der Waals surface area contributed by atoms with Gasteiger partial charge in [-0.1, -0.05) is 6.07 Å². The van der Waals surface area contributed by atoms with Gasteiger partial charge in [0.05, 0.1) is 10.3 Å². The standard InChI is InChI=1S/C20H27N3O5S/c1-20(2,3)19(25)28-14-22-12-8-15-16(18(22)24)6-4-7-17(15)29(26,27)23-11-5-9-21-10-13-23/h4,6-8,12,21H,5,9-11,13-14H2,1-3H3. The third-order valence-electron chi connectivity index (χ3n) is 4.84. The second kappa shape index (κ2) is 8.25. The van der Waals surface area contributed by atoms with Crippen LogP contribution in [0.25, 0.3) is 10.8 Å². The molecule has 1 aromatic carbocycles. The Morgan fingerprint density at radius 2 is 1.90 bits per heavy atom. The highest BCUT2D eigenvalue weighted by Crippen LogP contribution is 2.24. The Labute approximate surface area is 170 Å². The van der Waals surface area contributed by atoms with Gasteiger partial charge in [-0.15, -0.1) is 0 Å². The minimum atomic E-state index is -3.73. The number of ether oxygens (including phenoxy) is 1. The quantitative estimate of drug-likeness (QED) is 0.752. The smallest absolute Gasteiger partial charge is 0.312 e. The summed E-state index contributed by atoms with van der Waals surface area (Å²) in [5, 5.41) is 3.83. The van der Waals surface area contributed by atoms with Crippen molar-refractivity contribution in [1.29, 1.82) is 0 Å². The van der Waals surface area contributed by atoms with Gasteiger partial charge < -0.3 is 10.1 Å². The van der Waals surface area contributed by atoms with Crippen molar-refractivity contribution in [3.8, 4) is 0 Å². The van der Waals surface area contributed by atoms with Crippen molar-refractivity contribution in [3.05, 3.63) is 40.8 Å². The van der Waals surface area contributed by atoms with Gasteiger partial charge in [0.15, 0.2) is 6.73 Å². The Morgan fingerprint density at radius 1 is 1.14 bits per heavy atom. The van der Waals surface area contributed by atoms with Gasteiger partial charge in [-0.2, -0.15) is 4.31 Å². The summed E-state index contributed by atoms with van der Waals surface area (Å²) in [7, 11) is -3.73. The molecular weight excluding hydrogens is 394 g/mol. The molecule has 0 unspecified atom stereocenters. The zero-order valence-corrected chi connectivity index (χ0v) is 17.8. The number of carbonyl (C=O) groups is 1. The van der Waals surface area contributed by atoms with Crippen LogP contribution in [-0.4, -0.2) is 49.4 Å². The Balaban J connectivity index is 1.97. The highest BCUT2D eigenvalue weighted by atomic mass is 32.2. The summed E-state index contributed by atoms with van der Waals surface area (Å²) < 4.78 is 34.3. The van der Waals surface area contributed by atoms with Crippen molar-refractivity contribution in [2.24, 2.45) is 5.41 Å². The lowest BCUT2D eigenvalue weighted by molar-refractivity contribution is -0.157. The lowest BCUT2D eigenvalue weighted by Gasteiger charge is -2.21. The second-order valence-electron chi connectivity index (χ2n) is 8.13. The number of hydrogen-bond donors (Lipinski definition) is 1. The Hall–Kier alpha value is -2.23. The maximum Gasteiger partial charge on any atom is 0.312 e. The number of aromatic nitrogens is 1. The van der Waals surface area contributed by atoms with Crippen molar-refractivity contribution in [1.82, 2.24) is 14.2 Å². The van der Waals surface area contributed by atoms with E-state index in [1.807, 2.05) is 0 Å². The number of rotatable bonds is 4. The first kappa shape index (κ1) is 21.5. The number of benzene rings is 1. The van der Waals surface area contributed by atoms with Gasteiger partial charge in [0.25, 0.3) is 5.56 Å². The average Bonchev–Trinajstić information content (AvgIpc) is 2.96. The molecule has 0 saturated carbocycles. The van der Waals surface area contributed by atoms with Crippen molar-refractivity contribution in [3.63, 3.8) is 0 Å². The molecule has 0 aliphatic carbocycles. The third-order valence-corrected chi connectivity index (χ3v) is 6.80. The number of sulfonamides is 1. The van der Waals surface area contributed by atoms with Gasteiger partial charge in [-0.25, -0.2) is 8.42 Å². The fraction of sp³-hybridized carbons (Fsp3) is 0.500. The van der Waals surface area contributed by atoms with Gasteiger partial charge in [-0.05, 0) is 51.9 Å². The predicted octanol–water partition coefficient (Wildman–Crippen LogP) is 1.53. The monoisotopic (exact) mass is 421 g/mol. The highest BCUT2D eigenvalue weighted by Gasteiger charge is 2.27. The number of fused-ring (bicyclic) bond motifs is 1. The van der Waals surface area contributed by atoms with E-state index in [4.69, 9.17) is 4.74 Å². The molecule has 0 amide bonds. The van der Waals surface area contributed by atoms with Gasteiger partial charge >= 0.3 is 5.97 Å². The molecule has 1 N–H and O–H groups in total. The first-order valence-corrected chi connectivity index (χ1v) is 11.1. The van der Waals surface area contributed by atoms with Crippen LogP contribution in [0.4, 0.5) is 0 Å². The van der Waals surface area contributed by atoms with E-state index < -0.39 is 27.0 Å². The molecule has 9 heteroatoms. The van der Waals surface area contributed by atoms with Crippen molar-refractivity contribution >= 4 is 26.8 Å². The lowest BCUT2D eigenvalue weighted by Crippen LogP contribution is -2.34. The van der Waals surface area contributed by atoms with E-state index in [2.05, 4.69) is 5.32 Å². The summed E-state index contributed by atoms with van der Waals surface area (Å²) in [6.45, 7) is 7.16. The molecule has 1 aromatic heterocycles. The molecule has 2 heterocycles. The number of nitrogens with one attached hydrogen (secondary N) is 1. The zero-order valence-electron chi connectivity index (χ0n) is 17.0. The number of hydrogen-bond acceptors (Lipinski definition) is 6. The lowest BCUT2D eigenvalue weighted by atomic mass is 9.98. The molecule has 158 valence electrons. The van der Waals surface area contributed by atoms with Crippen molar-refractivity contribution in [2.45, 2.75) is 38.8 Å². The first-order valence-electron chi connectivity index (χ1n) is 9.62. The molecule has 2 aromatic rings. The Morgan fingerprint density at radius 3 is 2.62 bits per heavy atom. The number of esters is 1. The van der Waals surface area contributed by atoms with Crippen molar-refractivity contribution < 1.29 is 17.9 Å². The second-order valence-corrected chi connectivity index (χ2v) is 10.0. The summed E-state index contributed by atoms with van der Waals surface area (Å²) in [5.41, 5.74) is -1.08. The van der Waals surface area contributed by atoms with E-state index >= 15 is 0 Å². The van der Waals surface area contributed by atoms with Gasteiger partial charge in [0.2, 0.25) is 10.0 Å². The van der Waals surface area contributed by atoms with Crippen LogP contribution in [0.2, 0.25) is 0 Å². The topological polar surface area (TPSA) is 97.7 Å². The molecule has 0 atom stereocenters. The fourth-order valence-electron chi connectivity index (χ4n) is 3.16. The molecule has 8 nitrogen and oxygen atoms in total. The van der Waals surface area contributed by atoms with Crippen LogP contribution >= 0.6 is 0 Å². The van der Waals surface area contributed by atoms with Crippen molar-refractivity contribution in [2.75, 3.05) is 26.2 Å². The van der Waals surface area contributed by atoms with Crippen LogP contribution in [0.5, 0.6) is 0 Å². The molecule has 0 spiro atoms. The summed E-state index contributed by atoms with van der Waals surface area (Å²) in [4.78, 5) is 24.9. The highest BCUT2D eigenvalue weighted by molar-refractivity contribution is 7.89. The maximum atomic E-state index is 13.2. The molecule has 1 aliphatic rings. The van der Waals surface area contributed by atoms with Crippen LogP contribution in [0, 0.1) is 5.41 Å². The van der Waals surface area contributed by atoms with Gasteiger partial charge in [0.1, 0.15) is 0 Å². The maximum absolute atomic E-state index is 13.2. The Kier molecular flexibility index (Phi) is 6.11. The molecule has 1 fully saturated rings. The molecule has 3 rings (SSSR count). The Bertz CT molecular complexity index is 1060. The molecule has 1 saturated heterocycles. The number of carbonyl (C=O) groups excluding carboxylic acids is 1. The molecule has 29 heavy (non-hydrogen) atoms. The molecule has 0 bridgehead atoms. The van der Waals surface area contributed by atoms with E-state index in [1.165, 1.54) is 21.1 Å². The van der Waals surface area contributed by atoms with E-state index in [1.54, 1.807) is 39.0 Å². The third kappa shape index (κ3) is 4.52. The summed E-state index contributed by atoms with van der Waals surface area (Å²) in [6.07, 6.45) is 2.19. The summed E-state index contributed by atoms with van der Waals surface area (Å²) in [5.74, 6) is -0.421. The van der Waals surface area contributed by atoms with Crippen LogP contribution in [0.1, 0.15) is 27.2 Å². The van der Waals surface area contributed by atoms with E-state index in [0.717, 1.165) is 13.0 Å². The largest absolute Gasteiger partial charge is 0.443 e. The number of pyridine rings is 1. The van der Waals surface area contributed by atoms with Gasteiger partial charge in [-0.3, -0.25) is 14.2 Å². The summed E-state index contributed by atoms with van der Waals surface area (Å²) in [6, 6.07) is 6.27. The SMILES string of the molecule is CC(C)(C)C(=O)OCn1ccc2c(S(=O)(=O)N3CCCNCC3)cccc2c1=O. The van der Waals surface area contributed by atoms with Crippen LogP contribution < -0.4 is 10.9 Å². The fourth-order valence-corrected chi connectivity index (χ4v) is 4.85. The molecule has 1 aliphatic heterocycles. The van der Waals surface area contributed by atoms with Crippen LogP contribution in [0.3, 0.4) is 0 Å². The van der Waals surface area contributed by atoms with Crippen LogP contribution in [-0.2, 0) is 26.3 Å². The average molecular weight is 422 g/mol. The minimum absolute atomic E-state index is 0.118. The minimum Gasteiger partial charge on any atom is -0.443 e. The molecular formula is C20H27N3O5S. The van der Waals surface area contributed by atoms with Crippen LogP contribution in [0.15, 0.2) is 40.2 Å². The predicted molar refractivity (Wildman–Crippen MR) is 110 cm³/mol. The zero-order chi connectivity index (χ0) is 21.2. The number of nitrogens with zero attached hydrogens (tertiary/aromatic N) is 2. The van der Waals surface area contributed by atoms with E-state index in [-0.39, 0.29) is 17.0 Å². The summed E-state index contributed by atoms with van der Waals surface area (Å²) >= 11 is 0. The molecule has 0 radical (unpaired) electrons. The van der Waals surface area contributed by atoms with E-state index in [0.29, 0.717) is 25.0 Å². The van der Waals surface area contributed by atoms with Gasteiger partial charge in [0, 0.05) is 36.6 Å². The first-order chi connectivity index (χ1) is 13.6. The van der Waals surface area contributed by atoms with E-state index in [9.17, 15) is 18.0 Å².